The van der Waals surface area contributed by atoms with Gasteiger partial charge in [0.1, 0.15) is 12.2 Å². The number of aromatic nitrogens is 3. The predicted octanol–water partition coefficient (Wildman–Crippen LogP) is 1.76. The molecule has 0 N–H and O–H groups in total. The number of nitrogens with zero attached hydrogens (tertiary/aromatic N) is 4. The topological polar surface area (TPSA) is 69.4 Å². The third-order valence-corrected chi connectivity index (χ3v) is 7.01. The van der Waals surface area contributed by atoms with E-state index in [4.69, 9.17) is 4.74 Å². The van der Waals surface area contributed by atoms with Gasteiger partial charge in [0.2, 0.25) is 0 Å². The van der Waals surface area contributed by atoms with Crippen LogP contribution in [0.3, 0.4) is 0 Å². The number of rotatable bonds is 3. The molecule has 3 aliphatic rings. The summed E-state index contributed by atoms with van der Waals surface area (Å²) in [6.45, 7) is 3.36. The Bertz CT molecular complexity index is 945. The average Bonchev–Trinajstić information content (AvgIpc) is 3.42. The summed E-state index contributed by atoms with van der Waals surface area (Å²) < 4.78 is 9.25. The molecular weight excluding hydrogens is 364 g/mol. The Morgan fingerprint density at radius 3 is 2.85 bits per heavy atom. The van der Waals surface area contributed by atoms with Gasteiger partial charge in [0.05, 0.1) is 12.6 Å². The maximum Gasteiger partial charge on any atom is 0.332 e. The Morgan fingerprint density at radius 1 is 1.22 bits per heavy atom. The van der Waals surface area contributed by atoms with Crippen LogP contribution in [0.1, 0.15) is 48.8 Å². The molecule has 0 amide bonds. The molecule has 2 aliphatic heterocycles. The summed E-state index contributed by atoms with van der Waals surface area (Å²) in [6.07, 6.45) is 4.92. The van der Waals surface area contributed by atoms with Crippen molar-refractivity contribution in [1.29, 1.82) is 0 Å². The van der Waals surface area contributed by atoms with E-state index in [0.717, 1.165) is 51.7 Å². The number of ether oxygens (including phenoxy) is 1. The fourth-order valence-corrected chi connectivity index (χ4v) is 5.45. The molecule has 7 nitrogen and oxygen atoms in total. The number of fused-ring (bicyclic) bond motifs is 1. The Morgan fingerprint density at radius 2 is 2.07 bits per heavy atom. The molecule has 0 radical (unpaired) electrons. The second kappa shape index (κ2) is 6.68. The molecule has 0 aromatic carbocycles. The predicted molar refractivity (Wildman–Crippen MR) is 102 cm³/mol. The first kappa shape index (κ1) is 17.3. The van der Waals surface area contributed by atoms with E-state index in [1.807, 2.05) is 0 Å². The van der Waals surface area contributed by atoms with Crippen LogP contribution >= 0.6 is 11.3 Å². The minimum absolute atomic E-state index is 0.0692. The summed E-state index contributed by atoms with van der Waals surface area (Å²) in [7, 11) is 0. The summed E-state index contributed by atoms with van der Waals surface area (Å²) in [6, 6.07) is 4.28. The van der Waals surface area contributed by atoms with Crippen molar-refractivity contribution in [3.63, 3.8) is 0 Å². The maximum absolute atomic E-state index is 12.8. The molecule has 0 unspecified atom stereocenters. The quantitative estimate of drug-likeness (QED) is 0.750. The zero-order chi connectivity index (χ0) is 18.4. The normalized spacial score (nSPS) is 26.1. The van der Waals surface area contributed by atoms with Crippen molar-refractivity contribution >= 4 is 11.3 Å². The van der Waals surface area contributed by atoms with Crippen molar-refractivity contribution in [2.24, 2.45) is 0 Å². The molecule has 0 bridgehead atoms. The molecule has 1 spiro atoms. The van der Waals surface area contributed by atoms with E-state index in [-0.39, 0.29) is 11.6 Å². The van der Waals surface area contributed by atoms with Crippen LogP contribution in [0.15, 0.2) is 27.1 Å². The molecule has 144 valence electrons. The van der Waals surface area contributed by atoms with Crippen LogP contribution < -0.4 is 11.1 Å². The van der Waals surface area contributed by atoms with E-state index in [0.29, 0.717) is 19.0 Å². The summed E-state index contributed by atoms with van der Waals surface area (Å²) in [5.74, 6) is 0.592. The van der Waals surface area contributed by atoms with E-state index in [2.05, 4.69) is 27.5 Å². The largest absolute Gasteiger partial charge is 0.364 e. The Balaban J connectivity index is 1.39. The molecule has 5 rings (SSSR count). The van der Waals surface area contributed by atoms with Crippen LogP contribution in [0, 0.1) is 0 Å². The van der Waals surface area contributed by atoms with Crippen LogP contribution in [-0.2, 0) is 24.4 Å². The molecule has 2 fully saturated rings. The zero-order valence-corrected chi connectivity index (χ0v) is 16.1. The smallest absolute Gasteiger partial charge is 0.332 e. The lowest BCUT2D eigenvalue weighted by molar-refractivity contribution is -0.0860. The van der Waals surface area contributed by atoms with Crippen LogP contribution in [-0.4, -0.2) is 37.9 Å². The van der Waals surface area contributed by atoms with Crippen LogP contribution in [0.5, 0.6) is 0 Å². The van der Waals surface area contributed by atoms with Crippen LogP contribution in [0.2, 0.25) is 0 Å². The molecule has 27 heavy (non-hydrogen) atoms. The Labute approximate surface area is 161 Å². The van der Waals surface area contributed by atoms with Gasteiger partial charge in [0.15, 0.2) is 5.82 Å². The number of thiophene rings is 1. The van der Waals surface area contributed by atoms with Gasteiger partial charge in [-0.3, -0.25) is 19.1 Å². The first-order valence-electron chi connectivity index (χ1n) is 9.75. The van der Waals surface area contributed by atoms with E-state index in [9.17, 15) is 9.59 Å². The highest BCUT2D eigenvalue weighted by molar-refractivity contribution is 7.09. The third kappa shape index (κ3) is 3.09. The van der Waals surface area contributed by atoms with Crippen LogP contribution in [0.4, 0.5) is 0 Å². The fraction of sp³-hybridized carbons (Fsp3) is 0.632. The SMILES string of the molecule is O=c1c(=O)n2c(nn1C1CCCC1)CO[C@]1(CCN(Cc3cccs3)C1)C2. The van der Waals surface area contributed by atoms with Crippen molar-refractivity contribution in [2.45, 2.75) is 63.4 Å². The summed E-state index contributed by atoms with van der Waals surface area (Å²) in [5, 5.41) is 6.61. The molecule has 1 saturated heterocycles. The fourth-order valence-electron chi connectivity index (χ4n) is 4.70. The molecule has 8 heteroatoms. The van der Waals surface area contributed by atoms with Gasteiger partial charge in [0, 0.05) is 24.5 Å². The minimum Gasteiger partial charge on any atom is -0.364 e. The lowest BCUT2D eigenvalue weighted by atomic mass is 10.0. The van der Waals surface area contributed by atoms with Gasteiger partial charge in [0.25, 0.3) is 0 Å². The first-order valence-corrected chi connectivity index (χ1v) is 10.6. The number of hydrogen-bond acceptors (Lipinski definition) is 6. The lowest BCUT2D eigenvalue weighted by Crippen LogP contribution is -2.53. The molecule has 4 heterocycles. The van der Waals surface area contributed by atoms with Gasteiger partial charge < -0.3 is 4.74 Å². The van der Waals surface area contributed by atoms with Gasteiger partial charge in [-0.2, -0.15) is 5.10 Å². The van der Waals surface area contributed by atoms with Gasteiger partial charge >= 0.3 is 11.1 Å². The molecule has 1 saturated carbocycles. The van der Waals surface area contributed by atoms with E-state index in [1.165, 1.54) is 9.56 Å². The monoisotopic (exact) mass is 388 g/mol. The maximum atomic E-state index is 12.8. The van der Waals surface area contributed by atoms with E-state index >= 15 is 0 Å². The van der Waals surface area contributed by atoms with Gasteiger partial charge in [-0.1, -0.05) is 18.9 Å². The van der Waals surface area contributed by atoms with E-state index < -0.39 is 11.1 Å². The van der Waals surface area contributed by atoms with Gasteiger partial charge in [-0.15, -0.1) is 11.3 Å². The van der Waals surface area contributed by atoms with Crippen molar-refractivity contribution in [1.82, 2.24) is 19.2 Å². The highest BCUT2D eigenvalue weighted by Gasteiger charge is 2.43. The number of hydrogen-bond donors (Lipinski definition) is 0. The zero-order valence-electron chi connectivity index (χ0n) is 15.3. The molecule has 1 aliphatic carbocycles. The van der Waals surface area contributed by atoms with Gasteiger partial charge in [-0.05, 0) is 30.7 Å². The molecular formula is C19H24N4O3S. The van der Waals surface area contributed by atoms with Crippen molar-refractivity contribution in [3.05, 3.63) is 48.9 Å². The highest BCUT2D eigenvalue weighted by Crippen LogP contribution is 2.33. The highest BCUT2D eigenvalue weighted by atomic mass is 32.1. The third-order valence-electron chi connectivity index (χ3n) is 6.15. The second-order valence-electron chi connectivity index (χ2n) is 8.01. The molecule has 2 aromatic heterocycles. The van der Waals surface area contributed by atoms with Gasteiger partial charge in [-0.25, -0.2) is 4.68 Å². The van der Waals surface area contributed by atoms with Crippen molar-refractivity contribution in [3.8, 4) is 0 Å². The summed E-state index contributed by atoms with van der Waals surface area (Å²) in [4.78, 5) is 29.1. The van der Waals surface area contributed by atoms with Crippen molar-refractivity contribution in [2.75, 3.05) is 13.1 Å². The average molecular weight is 388 g/mol. The number of likely N-dealkylation sites (tertiary alicyclic amines) is 1. The standard InChI is InChI=1S/C19H24N4O3S/c24-17-18(25)23(14-4-1-2-5-14)20-16-11-26-19(13-22(16)17)7-8-21(12-19)10-15-6-3-9-27-15/h3,6,9,14H,1-2,4-5,7-8,10-13H2/t19-/m0/s1. The molecule has 2 aromatic rings. The summed E-state index contributed by atoms with van der Waals surface area (Å²) >= 11 is 1.76. The Kier molecular flexibility index (Phi) is 4.29. The first-order chi connectivity index (χ1) is 13.1. The second-order valence-corrected chi connectivity index (χ2v) is 9.04. The Hall–Kier alpha value is -1.77. The van der Waals surface area contributed by atoms with Crippen molar-refractivity contribution < 1.29 is 4.74 Å². The van der Waals surface area contributed by atoms with E-state index in [1.54, 1.807) is 15.9 Å². The summed E-state index contributed by atoms with van der Waals surface area (Å²) in [5.41, 5.74) is -1.30. The van der Waals surface area contributed by atoms with Crippen LogP contribution in [0.25, 0.3) is 0 Å². The molecule has 1 atom stereocenters. The minimum atomic E-state index is -0.476. The lowest BCUT2D eigenvalue weighted by Gasteiger charge is -2.35.